The van der Waals surface area contributed by atoms with Crippen molar-refractivity contribution in [2.45, 2.75) is 31.6 Å². The maximum atomic E-state index is 8.78. The SMILES string of the molecule is N#CC=C1CCCCC1c1ccc(Cl)cc1. The molecule has 1 nitrogen and oxygen atoms in total. The number of halogens is 1. The molecular weight excluding hydrogens is 218 g/mol. The minimum atomic E-state index is 0.422. The fraction of sp³-hybridized carbons (Fsp3) is 0.357. The molecule has 0 heterocycles. The van der Waals surface area contributed by atoms with Gasteiger partial charge in [0.25, 0.3) is 0 Å². The number of rotatable bonds is 1. The van der Waals surface area contributed by atoms with E-state index in [1.165, 1.54) is 24.0 Å². The molecule has 1 unspecified atom stereocenters. The molecule has 0 bridgehead atoms. The van der Waals surface area contributed by atoms with Gasteiger partial charge in [-0.1, -0.05) is 35.7 Å². The summed E-state index contributed by atoms with van der Waals surface area (Å²) in [5.41, 5.74) is 2.56. The first-order chi connectivity index (χ1) is 7.81. The molecule has 1 aromatic rings. The Labute approximate surface area is 101 Å². The van der Waals surface area contributed by atoms with Crippen molar-refractivity contribution >= 4 is 11.6 Å². The number of nitriles is 1. The molecule has 0 saturated heterocycles. The van der Waals surface area contributed by atoms with Gasteiger partial charge in [-0.15, -0.1) is 0 Å². The van der Waals surface area contributed by atoms with E-state index in [4.69, 9.17) is 16.9 Å². The van der Waals surface area contributed by atoms with E-state index in [0.29, 0.717) is 5.92 Å². The third kappa shape index (κ3) is 2.46. The van der Waals surface area contributed by atoms with Gasteiger partial charge in [0.05, 0.1) is 6.07 Å². The standard InChI is InChI=1S/C14H14ClN/c15-13-7-5-12(6-8-13)14-4-2-1-3-11(14)9-10-16/h5-9,14H,1-4H2. The zero-order chi connectivity index (χ0) is 11.4. The Morgan fingerprint density at radius 1 is 1.25 bits per heavy atom. The molecule has 1 fully saturated rings. The average molecular weight is 232 g/mol. The lowest BCUT2D eigenvalue weighted by Crippen LogP contribution is -2.08. The average Bonchev–Trinajstić information content (AvgIpc) is 2.32. The largest absolute Gasteiger partial charge is 0.193 e. The highest BCUT2D eigenvalue weighted by molar-refractivity contribution is 6.30. The molecule has 1 aliphatic rings. The number of hydrogen-bond acceptors (Lipinski definition) is 1. The summed E-state index contributed by atoms with van der Waals surface area (Å²) in [6, 6.07) is 10.2. The first kappa shape index (κ1) is 11.2. The zero-order valence-corrected chi connectivity index (χ0v) is 9.87. The Kier molecular flexibility index (Phi) is 3.64. The van der Waals surface area contributed by atoms with Gasteiger partial charge in [-0.25, -0.2) is 0 Å². The van der Waals surface area contributed by atoms with E-state index in [9.17, 15) is 0 Å². The number of allylic oxidation sites excluding steroid dienone is 2. The quantitative estimate of drug-likeness (QED) is 0.656. The molecule has 0 aliphatic heterocycles. The van der Waals surface area contributed by atoms with Crippen molar-refractivity contribution in [1.82, 2.24) is 0 Å². The first-order valence-electron chi connectivity index (χ1n) is 5.65. The van der Waals surface area contributed by atoms with Crippen LogP contribution in [-0.4, -0.2) is 0 Å². The predicted molar refractivity (Wildman–Crippen MR) is 66.4 cm³/mol. The van der Waals surface area contributed by atoms with E-state index in [-0.39, 0.29) is 0 Å². The topological polar surface area (TPSA) is 23.8 Å². The van der Waals surface area contributed by atoms with Crippen molar-refractivity contribution in [2.24, 2.45) is 0 Å². The van der Waals surface area contributed by atoms with Crippen molar-refractivity contribution in [1.29, 1.82) is 5.26 Å². The van der Waals surface area contributed by atoms with Crippen LogP contribution < -0.4 is 0 Å². The number of hydrogen-bond donors (Lipinski definition) is 0. The fourth-order valence-electron chi connectivity index (χ4n) is 2.37. The van der Waals surface area contributed by atoms with Crippen molar-refractivity contribution in [3.63, 3.8) is 0 Å². The first-order valence-corrected chi connectivity index (χ1v) is 6.03. The summed E-state index contributed by atoms with van der Waals surface area (Å²) in [5, 5.41) is 9.55. The fourth-order valence-corrected chi connectivity index (χ4v) is 2.49. The molecule has 2 rings (SSSR count). The van der Waals surface area contributed by atoms with Crippen LogP contribution in [0.1, 0.15) is 37.2 Å². The molecule has 16 heavy (non-hydrogen) atoms. The molecule has 1 saturated carbocycles. The molecule has 0 spiro atoms. The lowest BCUT2D eigenvalue weighted by molar-refractivity contribution is 0.541. The van der Waals surface area contributed by atoms with Crippen LogP contribution in [0.25, 0.3) is 0 Å². The van der Waals surface area contributed by atoms with Crippen LogP contribution in [0.5, 0.6) is 0 Å². The Hall–Kier alpha value is -1.26. The van der Waals surface area contributed by atoms with Crippen molar-refractivity contribution in [3.05, 3.63) is 46.5 Å². The summed E-state index contributed by atoms with van der Waals surface area (Å²) >= 11 is 5.88. The third-order valence-electron chi connectivity index (χ3n) is 3.18. The monoisotopic (exact) mass is 231 g/mol. The normalized spacial score (nSPS) is 23.0. The molecule has 0 N–H and O–H groups in total. The second-order valence-corrected chi connectivity index (χ2v) is 4.63. The van der Waals surface area contributed by atoms with Gasteiger partial charge in [-0.05, 0) is 37.0 Å². The zero-order valence-electron chi connectivity index (χ0n) is 9.12. The highest BCUT2D eigenvalue weighted by atomic mass is 35.5. The smallest absolute Gasteiger partial charge is 0.0911 e. The van der Waals surface area contributed by atoms with Gasteiger partial charge in [0, 0.05) is 17.0 Å². The minimum absolute atomic E-state index is 0.422. The van der Waals surface area contributed by atoms with Crippen LogP contribution in [0, 0.1) is 11.3 Å². The van der Waals surface area contributed by atoms with Gasteiger partial charge in [0.2, 0.25) is 0 Å². The van der Waals surface area contributed by atoms with Crippen molar-refractivity contribution in [3.8, 4) is 6.07 Å². The summed E-state index contributed by atoms with van der Waals surface area (Å²) in [6.07, 6.45) is 6.38. The Morgan fingerprint density at radius 3 is 2.69 bits per heavy atom. The van der Waals surface area contributed by atoms with Gasteiger partial charge in [0.1, 0.15) is 0 Å². The van der Waals surface area contributed by atoms with E-state index in [2.05, 4.69) is 18.2 Å². The van der Waals surface area contributed by atoms with Crippen LogP contribution in [-0.2, 0) is 0 Å². The van der Waals surface area contributed by atoms with E-state index in [1.54, 1.807) is 6.08 Å². The molecule has 0 amide bonds. The number of nitrogens with zero attached hydrogens (tertiary/aromatic N) is 1. The second kappa shape index (κ2) is 5.18. The Bertz CT molecular complexity index is 425. The molecule has 82 valence electrons. The number of benzene rings is 1. The highest BCUT2D eigenvalue weighted by Crippen LogP contribution is 2.37. The van der Waals surface area contributed by atoms with Crippen molar-refractivity contribution < 1.29 is 0 Å². The van der Waals surface area contributed by atoms with Crippen LogP contribution in [0.3, 0.4) is 0 Å². The van der Waals surface area contributed by atoms with Gasteiger partial charge >= 0.3 is 0 Å². The summed E-state index contributed by atoms with van der Waals surface area (Å²) in [4.78, 5) is 0. The molecule has 1 atom stereocenters. The summed E-state index contributed by atoms with van der Waals surface area (Å²) in [6.45, 7) is 0. The summed E-state index contributed by atoms with van der Waals surface area (Å²) in [5.74, 6) is 0.422. The van der Waals surface area contributed by atoms with Crippen LogP contribution >= 0.6 is 11.6 Å². The van der Waals surface area contributed by atoms with Crippen LogP contribution in [0.15, 0.2) is 35.9 Å². The second-order valence-electron chi connectivity index (χ2n) is 4.20. The van der Waals surface area contributed by atoms with E-state index in [1.807, 2.05) is 12.1 Å². The molecule has 1 aliphatic carbocycles. The molecule has 0 radical (unpaired) electrons. The lowest BCUT2D eigenvalue weighted by Gasteiger charge is -2.25. The maximum Gasteiger partial charge on any atom is 0.0911 e. The third-order valence-corrected chi connectivity index (χ3v) is 3.43. The maximum absolute atomic E-state index is 8.78. The molecular formula is C14H14ClN. The van der Waals surface area contributed by atoms with Crippen LogP contribution in [0.4, 0.5) is 0 Å². The van der Waals surface area contributed by atoms with Gasteiger partial charge in [-0.3, -0.25) is 0 Å². The van der Waals surface area contributed by atoms with Crippen LogP contribution in [0.2, 0.25) is 5.02 Å². The molecule has 2 heteroatoms. The minimum Gasteiger partial charge on any atom is -0.193 e. The van der Waals surface area contributed by atoms with E-state index < -0.39 is 0 Å². The van der Waals surface area contributed by atoms with Gasteiger partial charge in [-0.2, -0.15) is 5.26 Å². The van der Waals surface area contributed by atoms with E-state index in [0.717, 1.165) is 17.9 Å². The molecule has 0 aromatic heterocycles. The Morgan fingerprint density at radius 2 is 2.00 bits per heavy atom. The van der Waals surface area contributed by atoms with Gasteiger partial charge < -0.3 is 0 Å². The Balaban J connectivity index is 2.27. The summed E-state index contributed by atoms with van der Waals surface area (Å²) < 4.78 is 0. The highest BCUT2D eigenvalue weighted by Gasteiger charge is 2.20. The predicted octanol–water partition coefficient (Wildman–Crippen LogP) is 4.45. The summed E-state index contributed by atoms with van der Waals surface area (Å²) in [7, 11) is 0. The van der Waals surface area contributed by atoms with Crippen molar-refractivity contribution in [2.75, 3.05) is 0 Å². The lowest BCUT2D eigenvalue weighted by atomic mass is 9.80. The van der Waals surface area contributed by atoms with E-state index >= 15 is 0 Å². The molecule has 1 aromatic carbocycles. The van der Waals surface area contributed by atoms with Gasteiger partial charge in [0.15, 0.2) is 0 Å².